The van der Waals surface area contributed by atoms with Gasteiger partial charge in [-0.15, -0.1) is 0 Å². The summed E-state index contributed by atoms with van der Waals surface area (Å²) in [6, 6.07) is 18.0. The molecule has 0 fully saturated rings. The Morgan fingerprint density at radius 3 is 2.25 bits per heavy atom. The van der Waals surface area contributed by atoms with Crippen molar-refractivity contribution in [3.05, 3.63) is 60.7 Å². The number of rotatable bonds is 2. The molecule has 3 aromatic rings. The molecule has 0 radical (unpaired) electrons. The Bertz CT molecular complexity index is 874. The third-order valence-electron chi connectivity index (χ3n) is 3.02. The zero-order valence-corrected chi connectivity index (χ0v) is 11.2. The summed E-state index contributed by atoms with van der Waals surface area (Å²) in [5.74, 6) is 0. The molecule has 0 aliphatic heterocycles. The lowest BCUT2D eigenvalue weighted by molar-refractivity contribution is 0.480. The van der Waals surface area contributed by atoms with Gasteiger partial charge in [0.25, 0.3) is 0 Å². The maximum Gasteiger partial charge on any atom is 0.312 e. The van der Waals surface area contributed by atoms with Gasteiger partial charge in [0, 0.05) is 10.9 Å². The van der Waals surface area contributed by atoms with E-state index < -0.39 is 10.1 Å². The lowest BCUT2D eigenvalue weighted by Crippen LogP contribution is -2.03. The summed E-state index contributed by atoms with van der Waals surface area (Å²) in [6.07, 6.45) is 0. The Morgan fingerprint density at radius 1 is 0.900 bits per heavy atom. The first-order valence-electron chi connectivity index (χ1n) is 5.98. The molecule has 1 aromatic heterocycles. The van der Waals surface area contributed by atoms with Gasteiger partial charge in [-0.25, -0.2) is 4.98 Å². The summed E-state index contributed by atoms with van der Waals surface area (Å²) in [7, 11) is -4.37. The summed E-state index contributed by atoms with van der Waals surface area (Å²) in [5.41, 5.74) is 1.31. The first-order valence-corrected chi connectivity index (χ1v) is 7.42. The molecule has 0 saturated heterocycles. The lowest BCUT2D eigenvalue weighted by atomic mass is 10.1. The second kappa shape index (κ2) is 4.70. The Labute approximate surface area is 116 Å². The molecule has 1 heterocycles. The number of aromatic nitrogens is 1. The van der Waals surface area contributed by atoms with E-state index >= 15 is 0 Å². The molecule has 0 bridgehead atoms. The molecule has 4 nitrogen and oxygen atoms in total. The summed E-state index contributed by atoms with van der Waals surface area (Å²) in [6.45, 7) is 0. The summed E-state index contributed by atoms with van der Waals surface area (Å²) < 4.78 is 32.4. The lowest BCUT2D eigenvalue weighted by Gasteiger charge is -2.07. The molecule has 2 aromatic carbocycles. The minimum absolute atomic E-state index is 0.311. The van der Waals surface area contributed by atoms with E-state index in [9.17, 15) is 13.0 Å². The van der Waals surface area contributed by atoms with Crippen molar-refractivity contribution in [2.75, 3.05) is 0 Å². The van der Waals surface area contributed by atoms with E-state index in [-0.39, 0.29) is 5.03 Å². The van der Waals surface area contributed by atoms with Gasteiger partial charge in [0.05, 0.1) is 5.69 Å². The van der Waals surface area contributed by atoms with Crippen LogP contribution in [-0.2, 0) is 10.1 Å². The molecule has 0 atom stereocenters. The number of pyridine rings is 1. The quantitative estimate of drug-likeness (QED) is 0.734. The van der Waals surface area contributed by atoms with E-state index in [0.717, 1.165) is 5.56 Å². The normalized spacial score (nSPS) is 11.7. The Kier molecular flexibility index (Phi) is 3.00. The van der Waals surface area contributed by atoms with Crippen molar-refractivity contribution in [3.63, 3.8) is 0 Å². The summed E-state index contributed by atoms with van der Waals surface area (Å²) >= 11 is 0. The number of fused-ring (bicyclic) bond motifs is 1. The van der Waals surface area contributed by atoms with Crippen LogP contribution >= 0.6 is 0 Å². The van der Waals surface area contributed by atoms with Gasteiger partial charge in [0.15, 0.2) is 5.03 Å². The highest BCUT2D eigenvalue weighted by Crippen LogP contribution is 2.27. The monoisotopic (exact) mass is 285 g/mol. The van der Waals surface area contributed by atoms with Crippen molar-refractivity contribution in [3.8, 4) is 11.3 Å². The van der Waals surface area contributed by atoms with E-state index in [4.69, 9.17) is 0 Å². The average Bonchev–Trinajstić information content (AvgIpc) is 2.46. The molecule has 3 rings (SSSR count). The van der Waals surface area contributed by atoms with Gasteiger partial charge in [-0.05, 0) is 11.5 Å². The topological polar surface area (TPSA) is 67.3 Å². The fourth-order valence-electron chi connectivity index (χ4n) is 2.12. The molecule has 0 spiro atoms. The highest BCUT2D eigenvalue weighted by Gasteiger charge is 2.17. The maximum absolute atomic E-state index is 11.5. The first-order chi connectivity index (χ1) is 9.55. The van der Waals surface area contributed by atoms with Crippen molar-refractivity contribution in [1.82, 2.24) is 4.98 Å². The van der Waals surface area contributed by atoms with Gasteiger partial charge < -0.3 is 0 Å². The molecule has 20 heavy (non-hydrogen) atoms. The van der Waals surface area contributed by atoms with E-state index in [0.29, 0.717) is 16.5 Å². The molecule has 1 N–H and O–H groups in total. The maximum atomic E-state index is 11.5. The van der Waals surface area contributed by atoms with Crippen LogP contribution in [0.25, 0.3) is 22.0 Å². The van der Waals surface area contributed by atoms with E-state index in [1.807, 2.05) is 36.4 Å². The van der Waals surface area contributed by atoms with Crippen LogP contribution in [0.2, 0.25) is 0 Å². The van der Waals surface area contributed by atoms with Crippen molar-refractivity contribution in [1.29, 1.82) is 0 Å². The largest absolute Gasteiger partial charge is 0.312 e. The summed E-state index contributed by atoms with van der Waals surface area (Å²) in [4.78, 5) is 4.10. The van der Waals surface area contributed by atoms with Crippen LogP contribution < -0.4 is 0 Å². The molecule has 5 heteroatoms. The fraction of sp³-hybridized carbons (Fsp3) is 0. The van der Waals surface area contributed by atoms with Gasteiger partial charge in [-0.3, -0.25) is 4.55 Å². The van der Waals surface area contributed by atoms with Crippen LogP contribution in [0.3, 0.4) is 0 Å². The van der Waals surface area contributed by atoms with Gasteiger partial charge in [0.1, 0.15) is 0 Å². The van der Waals surface area contributed by atoms with Gasteiger partial charge in [0.2, 0.25) is 0 Å². The number of benzene rings is 2. The van der Waals surface area contributed by atoms with Crippen LogP contribution in [0.5, 0.6) is 0 Å². The standard InChI is InChI=1S/C15H11NO3S/c17-20(18,19)15-13-9-5-4-8-12(13)10-14(16-15)11-6-2-1-3-7-11/h1-10H,(H,17,18,19). The molecule has 0 amide bonds. The fourth-order valence-corrected chi connectivity index (χ4v) is 2.80. The van der Waals surface area contributed by atoms with Gasteiger partial charge in [-0.2, -0.15) is 8.42 Å². The SMILES string of the molecule is O=S(=O)(O)c1nc(-c2ccccc2)cc2ccccc12. The molecule has 100 valence electrons. The minimum atomic E-state index is -4.37. The Balaban J connectivity index is 2.37. The number of hydrogen-bond acceptors (Lipinski definition) is 3. The van der Waals surface area contributed by atoms with Crippen molar-refractivity contribution in [2.24, 2.45) is 0 Å². The van der Waals surface area contributed by atoms with Crippen LogP contribution in [0.1, 0.15) is 0 Å². The smallest absolute Gasteiger partial charge is 0.281 e. The van der Waals surface area contributed by atoms with Crippen molar-refractivity contribution < 1.29 is 13.0 Å². The van der Waals surface area contributed by atoms with Gasteiger partial charge in [-0.1, -0.05) is 54.6 Å². The number of hydrogen-bond donors (Lipinski definition) is 1. The second-order valence-corrected chi connectivity index (χ2v) is 5.71. The first kappa shape index (κ1) is 12.8. The van der Waals surface area contributed by atoms with E-state index in [1.165, 1.54) is 0 Å². The Hall–Kier alpha value is -2.24. The Morgan fingerprint density at radius 2 is 1.55 bits per heavy atom. The molecule has 0 saturated carbocycles. The second-order valence-electron chi connectivity index (χ2n) is 4.37. The zero-order chi connectivity index (χ0) is 14.2. The molecular formula is C15H11NO3S. The average molecular weight is 285 g/mol. The highest BCUT2D eigenvalue weighted by molar-refractivity contribution is 7.86. The van der Waals surface area contributed by atoms with Crippen LogP contribution in [0, 0.1) is 0 Å². The number of nitrogens with zero attached hydrogens (tertiary/aromatic N) is 1. The van der Waals surface area contributed by atoms with Crippen molar-refractivity contribution >= 4 is 20.9 Å². The molecule has 0 aliphatic carbocycles. The van der Waals surface area contributed by atoms with Crippen LogP contribution in [0.4, 0.5) is 0 Å². The minimum Gasteiger partial charge on any atom is -0.281 e. The van der Waals surface area contributed by atoms with E-state index in [2.05, 4.69) is 4.98 Å². The predicted molar refractivity (Wildman–Crippen MR) is 77.0 cm³/mol. The van der Waals surface area contributed by atoms with Gasteiger partial charge >= 0.3 is 10.1 Å². The highest BCUT2D eigenvalue weighted by atomic mass is 32.2. The van der Waals surface area contributed by atoms with Crippen molar-refractivity contribution in [2.45, 2.75) is 5.03 Å². The van der Waals surface area contributed by atoms with Crippen LogP contribution in [-0.4, -0.2) is 18.0 Å². The predicted octanol–water partition coefficient (Wildman–Crippen LogP) is 3.15. The molecule has 0 unspecified atom stereocenters. The molecule has 0 aliphatic rings. The summed E-state index contributed by atoms with van der Waals surface area (Å²) in [5, 5.41) is 0.818. The molecular weight excluding hydrogens is 274 g/mol. The third-order valence-corrected chi connectivity index (χ3v) is 3.82. The zero-order valence-electron chi connectivity index (χ0n) is 10.4. The van der Waals surface area contributed by atoms with Crippen LogP contribution in [0.15, 0.2) is 65.7 Å². The van der Waals surface area contributed by atoms with E-state index in [1.54, 1.807) is 24.3 Å². The third kappa shape index (κ3) is 2.29.